The lowest BCUT2D eigenvalue weighted by molar-refractivity contribution is -0.130. The molecule has 3 rings (SSSR count). The van der Waals surface area contributed by atoms with Crippen molar-refractivity contribution in [3.05, 3.63) is 23.8 Å². The molecule has 1 saturated heterocycles. The molecule has 4 amide bonds. The first kappa shape index (κ1) is 16.1. The van der Waals surface area contributed by atoms with Crippen molar-refractivity contribution in [3.8, 4) is 11.5 Å². The normalized spacial score (nSPS) is 19.4. The summed E-state index contributed by atoms with van der Waals surface area (Å²) in [5.74, 6) is 0.820. The quantitative estimate of drug-likeness (QED) is 0.734. The van der Waals surface area contributed by atoms with Crippen LogP contribution in [-0.4, -0.2) is 56.1 Å². The van der Waals surface area contributed by atoms with Gasteiger partial charge in [-0.15, -0.1) is 0 Å². The third-order valence-corrected chi connectivity index (χ3v) is 4.08. The number of fused-ring (bicyclic) bond motifs is 1. The van der Waals surface area contributed by atoms with Crippen LogP contribution in [0.1, 0.15) is 5.56 Å². The fourth-order valence-electron chi connectivity index (χ4n) is 2.82. The maximum atomic E-state index is 11.9. The molecule has 1 aromatic carbocycles. The van der Waals surface area contributed by atoms with Gasteiger partial charge >= 0.3 is 6.03 Å². The van der Waals surface area contributed by atoms with Crippen molar-refractivity contribution in [3.63, 3.8) is 0 Å². The van der Waals surface area contributed by atoms with Crippen molar-refractivity contribution in [2.75, 3.05) is 33.4 Å². The van der Waals surface area contributed by atoms with E-state index < -0.39 is 11.9 Å². The van der Waals surface area contributed by atoms with Crippen molar-refractivity contribution < 1.29 is 23.9 Å². The van der Waals surface area contributed by atoms with E-state index in [0.717, 1.165) is 22.6 Å². The molecular weight excluding hydrogens is 314 g/mol. The number of methoxy groups -OCH3 is 1. The minimum absolute atomic E-state index is 0.0544. The van der Waals surface area contributed by atoms with Crippen LogP contribution in [0.2, 0.25) is 0 Å². The second-order valence-electron chi connectivity index (χ2n) is 5.77. The minimum Gasteiger partial charge on any atom is -0.493 e. The highest BCUT2D eigenvalue weighted by Gasteiger charge is 2.30. The summed E-state index contributed by atoms with van der Waals surface area (Å²) >= 11 is 0. The Morgan fingerprint density at radius 1 is 1.46 bits per heavy atom. The molecule has 0 spiro atoms. The first-order chi connectivity index (χ1) is 11.6. The van der Waals surface area contributed by atoms with Gasteiger partial charge in [0.2, 0.25) is 5.91 Å². The SMILES string of the molecule is COc1cccc2c1OCC(CNC(=O)CN1C(=O)CNC1=O)C2. The number of carbonyl (C=O) groups is 3. The van der Waals surface area contributed by atoms with Gasteiger partial charge in [0.15, 0.2) is 11.5 Å². The summed E-state index contributed by atoms with van der Waals surface area (Å²) in [7, 11) is 1.60. The van der Waals surface area contributed by atoms with Gasteiger partial charge in [-0.1, -0.05) is 12.1 Å². The first-order valence-electron chi connectivity index (χ1n) is 7.72. The van der Waals surface area contributed by atoms with E-state index in [0.29, 0.717) is 18.9 Å². The van der Waals surface area contributed by atoms with E-state index in [1.807, 2.05) is 18.2 Å². The molecule has 0 bridgehead atoms. The van der Waals surface area contributed by atoms with Crippen LogP contribution < -0.4 is 20.1 Å². The van der Waals surface area contributed by atoms with Crippen LogP contribution in [-0.2, 0) is 16.0 Å². The second-order valence-corrected chi connectivity index (χ2v) is 5.77. The Balaban J connectivity index is 1.51. The van der Waals surface area contributed by atoms with Crippen molar-refractivity contribution in [2.24, 2.45) is 5.92 Å². The van der Waals surface area contributed by atoms with Gasteiger partial charge in [-0.25, -0.2) is 4.79 Å². The summed E-state index contributed by atoms with van der Waals surface area (Å²) in [5.41, 5.74) is 1.04. The molecule has 8 heteroatoms. The molecule has 2 aliphatic heterocycles. The van der Waals surface area contributed by atoms with E-state index in [2.05, 4.69) is 10.6 Å². The van der Waals surface area contributed by atoms with E-state index in [9.17, 15) is 14.4 Å². The molecule has 8 nitrogen and oxygen atoms in total. The third kappa shape index (κ3) is 3.27. The fraction of sp³-hybridized carbons (Fsp3) is 0.438. The lowest BCUT2D eigenvalue weighted by Crippen LogP contribution is -2.43. The zero-order valence-electron chi connectivity index (χ0n) is 13.3. The number of para-hydroxylation sites is 1. The number of ether oxygens (including phenoxy) is 2. The molecule has 1 atom stereocenters. The second kappa shape index (κ2) is 6.77. The highest BCUT2D eigenvalue weighted by molar-refractivity contribution is 6.04. The number of hydrogen-bond acceptors (Lipinski definition) is 5. The van der Waals surface area contributed by atoms with Gasteiger partial charge in [-0.05, 0) is 18.1 Å². The van der Waals surface area contributed by atoms with E-state index in [1.54, 1.807) is 7.11 Å². The Bertz CT molecular complexity index is 660. The highest BCUT2D eigenvalue weighted by Crippen LogP contribution is 2.35. The van der Waals surface area contributed by atoms with Crippen LogP contribution in [0.4, 0.5) is 4.79 Å². The summed E-state index contributed by atoms with van der Waals surface area (Å²) in [5, 5.41) is 5.13. The van der Waals surface area contributed by atoms with Gasteiger partial charge < -0.3 is 20.1 Å². The van der Waals surface area contributed by atoms with Crippen molar-refractivity contribution in [1.29, 1.82) is 0 Å². The summed E-state index contributed by atoms with van der Waals surface area (Å²) in [6, 6.07) is 5.19. The van der Waals surface area contributed by atoms with Crippen LogP contribution in [0, 0.1) is 5.92 Å². The molecular formula is C16H19N3O5. The predicted molar refractivity (Wildman–Crippen MR) is 83.8 cm³/mol. The van der Waals surface area contributed by atoms with Gasteiger partial charge in [-0.2, -0.15) is 0 Å². The summed E-state index contributed by atoms with van der Waals surface area (Å²) in [4.78, 5) is 35.7. The van der Waals surface area contributed by atoms with Crippen molar-refractivity contribution in [2.45, 2.75) is 6.42 Å². The number of benzene rings is 1. The number of urea groups is 1. The number of hydrogen-bond donors (Lipinski definition) is 2. The Labute approximate surface area is 139 Å². The van der Waals surface area contributed by atoms with Crippen LogP contribution >= 0.6 is 0 Å². The van der Waals surface area contributed by atoms with Gasteiger partial charge in [0, 0.05) is 12.5 Å². The van der Waals surface area contributed by atoms with Crippen LogP contribution in [0.15, 0.2) is 18.2 Å². The Hall–Kier alpha value is -2.77. The predicted octanol–water partition coefficient (Wildman–Crippen LogP) is -0.0857. The number of carbonyl (C=O) groups excluding carboxylic acids is 3. The maximum Gasteiger partial charge on any atom is 0.325 e. The van der Waals surface area contributed by atoms with Gasteiger partial charge in [-0.3, -0.25) is 14.5 Å². The summed E-state index contributed by atoms with van der Waals surface area (Å²) in [6.45, 7) is 0.569. The lowest BCUT2D eigenvalue weighted by Gasteiger charge is -2.26. The third-order valence-electron chi connectivity index (χ3n) is 4.08. The summed E-state index contributed by atoms with van der Waals surface area (Å²) in [6.07, 6.45) is 0.760. The van der Waals surface area contributed by atoms with Crippen molar-refractivity contribution in [1.82, 2.24) is 15.5 Å². The molecule has 1 fully saturated rings. The fourth-order valence-corrected chi connectivity index (χ4v) is 2.82. The van der Waals surface area contributed by atoms with E-state index in [4.69, 9.17) is 9.47 Å². The van der Waals surface area contributed by atoms with Gasteiger partial charge in [0.05, 0.1) is 20.3 Å². The Morgan fingerprint density at radius 3 is 3.00 bits per heavy atom. The molecule has 24 heavy (non-hydrogen) atoms. The molecule has 1 aromatic rings. The number of nitrogens with one attached hydrogen (secondary N) is 2. The van der Waals surface area contributed by atoms with Gasteiger partial charge in [0.25, 0.3) is 5.91 Å². The maximum absolute atomic E-state index is 11.9. The van der Waals surface area contributed by atoms with Crippen LogP contribution in [0.25, 0.3) is 0 Å². The lowest BCUT2D eigenvalue weighted by atomic mass is 9.96. The molecule has 2 heterocycles. The Morgan fingerprint density at radius 2 is 2.29 bits per heavy atom. The zero-order valence-corrected chi connectivity index (χ0v) is 13.3. The zero-order chi connectivity index (χ0) is 17.1. The van der Waals surface area contributed by atoms with Gasteiger partial charge in [0.1, 0.15) is 6.54 Å². The average Bonchev–Trinajstić information content (AvgIpc) is 2.91. The molecule has 0 aromatic heterocycles. The number of rotatable bonds is 5. The minimum atomic E-state index is -0.530. The van der Waals surface area contributed by atoms with Crippen LogP contribution in [0.3, 0.4) is 0 Å². The molecule has 1 unspecified atom stereocenters. The Kier molecular flexibility index (Phi) is 4.54. The molecule has 0 aliphatic carbocycles. The number of imide groups is 1. The monoisotopic (exact) mass is 333 g/mol. The standard InChI is InChI=1S/C16H19N3O5/c1-23-12-4-2-3-11-5-10(9-24-15(11)12)6-17-13(20)8-19-14(21)7-18-16(19)22/h2-4,10H,5-9H2,1H3,(H,17,20)(H,18,22). The van der Waals surface area contributed by atoms with E-state index in [-0.39, 0.29) is 24.9 Å². The molecule has 0 saturated carbocycles. The highest BCUT2D eigenvalue weighted by atomic mass is 16.5. The smallest absolute Gasteiger partial charge is 0.325 e. The van der Waals surface area contributed by atoms with Crippen molar-refractivity contribution >= 4 is 17.8 Å². The number of nitrogens with zero attached hydrogens (tertiary/aromatic N) is 1. The first-order valence-corrected chi connectivity index (χ1v) is 7.72. The largest absolute Gasteiger partial charge is 0.493 e. The average molecular weight is 333 g/mol. The van der Waals surface area contributed by atoms with Crippen LogP contribution in [0.5, 0.6) is 11.5 Å². The molecule has 2 N–H and O–H groups in total. The summed E-state index contributed by atoms with van der Waals surface area (Å²) < 4.78 is 11.0. The molecule has 0 radical (unpaired) electrons. The topological polar surface area (TPSA) is 97.0 Å². The van der Waals surface area contributed by atoms with E-state index in [1.165, 1.54) is 0 Å². The number of amides is 4. The van der Waals surface area contributed by atoms with E-state index >= 15 is 0 Å². The molecule has 128 valence electrons. The molecule has 2 aliphatic rings.